The monoisotopic (exact) mass is 240 g/mol. The summed E-state index contributed by atoms with van der Waals surface area (Å²) in [5, 5.41) is 12.0. The van der Waals surface area contributed by atoms with Gasteiger partial charge in [-0.1, -0.05) is 12.8 Å². The smallest absolute Gasteiger partial charge is 0.308 e. The van der Waals surface area contributed by atoms with Crippen LogP contribution in [0.5, 0.6) is 0 Å². The van der Waals surface area contributed by atoms with Gasteiger partial charge in [0.05, 0.1) is 11.3 Å². The summed E-state index contributed by atoms with van der Waals surface area (Å²) in [6.45, 7) is 0.364. The number of hydrogen-bond acceptors (Lipinski definition) is 3. The van der Waals surface area contributed by atoms with E-state index < -0.39 is 17.3 Å². The Hall–Kier alpha value is -1.10. The molecule has 0 aromatic rings. The number of amides is 1. The lowest BCUT2D eigenvalue weighted by molar-refractivity contribution is -0.143. The Morgan fingerprint density at radius 3 is 2.47 bits per heavy atom. The Morgan fingerprint density at radius 1 is 1.29 bits per heavy atom. The van der Waals surface area contributed by atoms with E-state index in [2.05, 4.69) is 5.32 Å². The van der Waals surface area contributed by atoms with Crippen molar-refractivity contribution in [1.29, 1.82) is 0 Å². The molecule has 17 heavy (non-hydrogen) atoms. The third kappa shape index (κ3) is 2.16. The van der Waals surface area contributed by atoms with E-state index in [1.165, 1.54) is 0 Å². The summed E-state index contributed by atoms with van der Waals surface area (Å²) >= 11 is 0. The summed E-state index contributed by atoms with van der Waals surface area (Å²) in [7, 11) is 0. The number of carbonyl (C=O) groups is 2. The summed E-state index contributed by atoms with van der Waals surface area (Å²) in [4.78, 5) is 23.1. The van der Waals surface area contributed by atoms with Crippen LogP contribution in [0.25, 0.3) is 0 Å². The van der Waals surface area contributed by atoms with Crippen LogP contribution in [0.4, 0.5) is 0 Å². The molecule has 0 saturated heterocycles. The molecule has 2 aliphatic rings. The van der Waals surface area contributed by atoms with Crippen molar-refractivity contribution in [3.05, 3.63) is 0 Å². The number of carbonyl (C=O) groups excluding carboxylic acids is 1. The van der Waals surface area contributed by atoms with E-state index in [0.717, 1.165) is 32.1 Å². The summed E-state index contributed by atoms with van der Waals surface area (Å²) < 4.78 is 0. The van der Waals surface area contributed by atoms with Gasteiger partial charge in [-0.15, -0.1) is 0 Å². The van der Waals surface area contributed by atoms with Gasteiger partial charge >= 0.3 is 5.97 Å². The van der Waals surface area contributed by atoms with Crippen LogP contribution >= 0.6 is 0 Å². The fraction of sp³-hybridized carbons (Fsp3) is 0.833. The van der Waals surface area contributed by atoms with Crippen LogP contribution in [0.2, 0.25) is 0 Å². The van der Waals surface area contributed by atoms with E-state index in [1.54, 1.807) is 0 Å². The maximum absolute atomic E-state index is 12.1. The largest absolute Gasteiger partial charge is 0.481 e. The van der Waals surface area contributed by atoms with E-state index >= 15 is 0 Å². The highest BCUT2D eigenvalue weighted by atomic mass is 16.4. The third-order valence-electron chi connectivity index (χ3n) is 4.33. The third-order valence-corrected chi connectivity index (χ3v) is 4.33. The Bertz CT molecular complexity index is 320. The molecular formula is C12H20N2O3. The molecule has 2 saturated carbocycles. The van der Waals surface area contributed by atoms with Gasteiger partial charge in [-0.05, 0) is 25.7 Å². The van der Waals surface area contributed by atoms with Crippen molar-refractivity contribution in [2.75, 3.05) is 6.54 Å². The molecule has 2 fully saturated rings. The summed E-state index contributed by atoms with van der Waals surface area (Å²) in [5.74, 6) is -1.26. The van der Waals surface area contributed by atoms with E-state index in [1.807, 2.05) is 0 Å². The van der Waals surface area contributed by atoms with E-state index in [9.17, 15) is 9.59 Å². The SMILES string of the molecule is NCC1(C(=O)NC2CCCC2C(=O)O)CCC1. The van der Waals surface area contributed by atoms with Crippen molar-refractivity contribution >= 4 is 11.9 Å². The first-order valence-corrected chi connectivity index (χ1v) is 6.33. The van der Waals surface area contributed by atoms with Gasteiger partial charge in [0.15, 0.2) is 0 Å². The predicted octanol–water partition coefficient (Wildman–Crippen LogP) is 0.485. The molecule has 5 heteroatoms. The van der Waals surface area contributed by atoms with E-state index in [4.69, 9.17) is 10.8 Å². The number of carboxylic acids is 1. The molecule has 2 unspecified atom stereocenters. The Labute approximate surface area is 101 Å². The number of nitrogens with two attached hydrogens (primary N) is 1. The molecule has 2 atom stereocenters. The zero-order chi connectivity index (χ0) is 12.5. The molecule has 0 bridgehead atoms. The van der Waals surface area contributed by atoms with Gasteiger partial charge in [-0.25, -0.2) is 0 Å². The molecule has 5 nitrogen and oxygen atoms in total. The molecule has 2 rings (SSSR count). The lowest BCUT2D eigenvalue weighted by Crippen LogP contribution is -2.54. The quantitative estimate of drug-likeness (QED) is 0.666. The first kappa shape index (κ1) is 12.4. The molecule has 1 amide bonds. The van der Waals surface area contributed by atoms with Crippen LogP contribution in [0.15, 0.2) is 0 Å². The predicted molar refractivity (Wildman–Crippen MR) is 62.2 cm³/mol. The van der Waals surface area contributed by atoms with Gasteiger partial charge in [0.25, 0.3) is 0 Å². The van der Waals surface area contributed by atoms with Crippen molar-refractivity contribution in [3.63, 3.8) is 0 Å². The van der Waals surface area contributed by atoms with E-state index in [0.29, 0.717) is 13.0 Å². The summed E-state index contributed by atoms with van der Waals surface area (Å²) in [6.07, 6.45) is 5.01. The number of nitrogens with one attached hydrogen (secondary N) is 1. The fourth-order valence-electron chi connectivity index (χ4n) is 2.88. The number of aliphatic carboxylic acids is 1. The highest BCUT2D eigenvalue weighted by Crippen LogP contribution is 2.40. The second-order valence-electron chi connectivity index (χ2n) is 5.29. The lowest BCUT2D eigenvalue weighted by atomic mass is 9.68. The van der Waals surface area contributed by atoms with Crippen LogP contribution < -0.4 is 11.1 Å². The van der Waals surface area contributed by atoms with Gasteiger partial charge in [-0.3, -0.25) is 9.59 Å². The van der Waals surface area contributed by atoms with Gasteiger partial charge in [0.2, 0.25) is 5.91 Å². The highest BCUT2D eigenvalue weighted by molar-refractivity contribution is 5.85. The zero-order valence-corrected chi connectivity index (χ0v) is 9.95. The lowest BCUT2D eigenvalue weighted by Gasteiger charge is -2.40. The van der Waals surface area contributed by atoms with Crippen LogP contribution in [-0.2, 0) is 9.59 Å². The molecule has 4 N–H and O–H groups in total. The van der Waals surface area contributed by atoms with E-state index in [-0.39, 0.29) is 11.9 Å². The first-order valence-electron chi connectivity index (χ1n) is 6.33. The molecule has 0 aliphatic heterocycles. The minimum absolute atomic E-state index is 0.0376. The van der Waals surface area contributed by atoms with Gasteiger partial charge in [0, 0.05) is 12.6 Å². The molecule has 0 heterocycles. The van der Waals surface area contributed by atoms with Gasteiger partial charge in [0.1, 0.15) is 0 Å². The van der Waals surface area contributed by atoms with Crippen molar-refractivity contribution < 1.29 is 14.7 Å². The normalized spacial score (nSPS) is 30.6. The van der Waals surface area contributed by atoms with Crippen LogP contribution in [-0.4, -0.2) is 29.6 Å². The Balaban J connectivity index is 1.96. The zero-order valence-electron chi connectivity index (χ0n) is 9.95. The topological polar surface area (TPSA) is 92.4 Å². The molecule has 96 valence electrons. The van der Waals surface area contributed by atoms with Gasteiger partial charge in [-0.2, -0.15) is 0 Å². The minimum Gasteiger partial charge on any atom is -0.481 e. The molecule has 0 radical (unpaired) electrons. The molecule has 2 aliphatic carbocycles. The maximum atomic E-state index is 12.1. The summed E-state index contributed by atoms with van der Waals surface area (Å²) in [5.41, 5.74) is 5.25. The van der Waals surface area contributed by atoms with Gasteiger partial charge < -0.3 is 16.2 Å². The molecular weight excluding hydrogens is 220 g/mol. The Morgan fingerprint density at radius 2 is 2.00 bits per heavy atom. The van der Waals surface area contributed by atoms with Crippen molar-refractivity contribution in [2.45, 2.75) is 44.6 Å². The van der Waals surface area contributed by atoms with Crippen molar-refractivity contribution in [3.8, 4) is 0 Å². The van der Waals surface area contributed by atoms with Crippen molar-refractivity contribution in [2.24, 2.45) is 17.1 Å². The standard InChI is InChI=1S/C12H20N2O3/c13-7-12(5-2-6-12)11(17)14-9-4-1-3-8(9)10(15)16/h8-9H,1-7,13H2,(H,14,17)(H,15,16). The van der Waals surface area contributed by atoms with Crippen molar-refractivity contribution in [1.82, 2.24) is 5.32 Å². The second-order valence-corrected chi connectivity index (χ2v) is 5.29. The molecule has 0 aromatic carbocycles. The second kappa shape index (κ2) is 4.64. The maximum Gasteiger partial charge on any atom is 0.308 e. The molecule has 0 spiro atoms. The average molecular weight is 240 g/mol. The van der Waals surface area contributed by atoms with Crippen LogP contribution in [0.1, 0.15) is 38.5 Å². The van der Waals surface area contributed by atoms with Crippen LogP contribution in [0.3, 0.4) is 0 Å². The van der Waals surface area contributed by atoms with Crippen LogP contribution in [0, 0.1) is 11.3 Å². The minimum atomic E-state index is -0.803. The fourth-order valence-corrected chi connectivity index (χ4v) is 2.88. The average Bonchev–Trinajstić information content (AvgIpc) is 2.65. The highest BCUT2D eigenvalue weighted by Gasteiger charge is 2.45. The number of rotatable bonds is 4. The Kier molecular flexibility index (Phi) is 3.38. The molecule has 0 aromatic heterocycles. The number of carboxylic acid groups (broad SMARTS) is 1. The first-order chi connectivity index (χ1) is 8.09. The summed E-state index contributed by atoms with van der Waals surface area (Å²) in [6, 6.07) is -0.205. The number of hydrogen-bond donors (Lipinski definition) is 3.